The minimum Gasteiger partial charge on any atom is -0.488 e. The van der Waals surface area contributed by atoms with E-state index < -0.39 is 29.5 Å². The maximum atomic E-state index is 13.0. The summed E-state index contributed by atoms with van der Waals surface area (Å²) in [5, 5.41) is 7.90. The number of halogens is 6. The molecule has 48 heavy (non-hydrogen) atoms. The monoisotopic (exact) mass is 686 g/mol. The molecule has 0 unspecified atom stereocenters. The van der Waals surface area contributed by atoms with Crippen molar-refractivity contribution in [1.29, 1.82) is 0 Å². The molecular formula is C32H24F6N6O3S. The Kier molecular flexibility index (Phi) is 9.08. The van der Waals surface area contributed by atoms with E-state index in [1.807, 2.05) is 0 Å². The summed E-state index contributed by atoms with van der Waals surface area (Å²) in [7, 11) is 0. The summed E-state index contributed by atoms with van der Waals surface area (Å²) in [6.07, 6.45) is -7.24. The van der Waals surface area contributed by atoms with Crippen LogP contribution in [0.1, 0.15) is 11.1 Å². The molecule has 5 heterocycles. The molecule has 2 N–H and O–H groups in total. The molecule has 0 spiro atoms. The summed E-state index contributed by atoms with van der Waals surface area (Å²) in [5.74, 6) is 1.81. The van der Waals surface area contributed by atoms with Crippen molar-refractivity contribution >= 4 is 34.1 Å². The number of thiazole rings is 1. The van der Waals surface area contributed by atoms with E-state index in [-0.39, 0.29) is 19.0 Å². The lowest BCUT2D eigenvalue weighted by molar-refractivity contribution is -0.138. The van der Waals surface area contributed by atoms with Gasteiger partial charge in [0.2, 0.25) is 0 Å². The number of hydrogen-bond acceptors (Lipinski definition) is 8. The van der Waals surface area contributed by atoms with E-state index in [2.05, 4.69) is 25.6 Å². The largest absolute Gasteiger partial charge is 0.488 e. The average molecular weight is 687 g/mol. The maximum Gasteiger partial charge on any atom is 0.416 e. The van der Waals surface area contributed by atoms with Gasteiger partial charge in [0.25, 0.3) is 0 Å². The summed E-state index contributed by atoms with van der Waals surface area (Å²) in [5.41, 5.74) is 0.0617. The van der Waals surface area contributed by atoms with Crippen LogP contribution in [0.15, 0.2) is 84.4 Å². The number of nitrogens with zero attached hydrogens (tertiary/aromatic N) is 4. The van der Waals surface area contributed by atoms with Crippen molar-refractivity contribution in [3.63, 3.8) is 0 Å². The van der Waals surface area contributed by atoms with E-state index in [0.717, 1.165) is 24.3 Å². The first-order valence-corrected chi connectivity index (χ1v) is 15.2. The van der Waals surface area contributed by atoms with E-state index in [4.69, 9.17) is 9.47 Å². The molecule has 3 aromatic heterocycles. The fourth-order valence-electron chi connectivity index (χ4n) is 4.79. The van der Waals surface area contributed by atoms with Crippen molar-refractivity contribution in [1.82, 2.24) is 15.0 Å². The van der Waals surface area contributed by atoms with Gasteiger partial charge in [-0.3, -0.25) is 10.2 Å². The lowest BCUT2D eigenvalue weighted by Gasteiger charge is -2.28. The van der Waals surface area contributed by atoms with E-state index in [1.54, 1.807) is 41.9 Å². The number of aromatic nitrogens is 3. The van der Waals surface area contributed by atoms with Gasteiger partial charge >= 0.3 is 18.4 Å². The number of carbonyl (C=O) groups excluding carboxylic acids is 1. The zero-order valence-corrected chi connectivity index (χ0v) is 25.4. The number of hydrogen-bond donors (Lipinski definition) is 2. The first kappa shape index (κ1) is 32.6. The molecule has 16 heteroatoms. The number of rotatable bonds is 3. The number of urea groups is 1. The summed E-state index contributed by atoms with van der Waals surface area (Å²) < 4.78 is 88.0. The number of ether oxygens (including phenoxy) is 2. The van der Waals surface area contributed by atoms with Crippen LogP contribution in [0.25, 0.3) is 22.5 Å². The van der Waals surface area contributed by atoms with Crippen LogP contribution in [0, 0.1) is 0 Å². The Morgan fingerprint density at radius 1 is 0.812 bits per heavy atom. The Morgan fingerprint density at radius 2 is 1.44 bits per heavy atom. The lowest BCUT2D eigenvalue weighted by atomic mass is 10.1. The number of alkyl halides is 6. The Balaban J connectivity index is 0.000000177. The second kappa shape index (κ2) is 13.4. The highest BCUT2D eigenvalue weighted by Gasteiger charge is 2.32. The maximum absolute atomic E-state index is 13.0. The highest BCUT2D eigenvalue weighted by atomic mass is 32.1. The molecular weight excluding hydrogens is 662 g/mol. The molecule has 5 aromatic rings. The van der Waals surface area contributed by atoms with Crippen molar-refractivity contribution in [3.8, 4) is 34.0 Å². The SMILES string of the molecule is FC(F)(F)c1cccc(-c2ccc3c(n2)NCCO3)c1.O=C(Nc1nccs1)N1CCOc2ccc(-c3cccc(C(F)(F)F)c3)nc21. The third-order valence-electron chi connectivity index (χ3n) is 7.04. The number of anilines is 3. The van der Waals surface area contributed by atoms with Gasteiger partial charge in [0.1, 0.15) is 13.2 Å². The van der Waals surface area contributed by atoms with E-state index in [1.165, 1.54) is 34.4 Å². The van der Waals surface area contributed by atoms with Crippen LogP contribution in [0.3, 0.4) is 0 Å². The van der Waals surface area contributed by atoms with Crippen LogP contribution in [-0.2, 0) is 12.4 Å². The summed E-state index contributed by atoms with van der Waals surface area (Å²) in [6.45, 7) is 1.72. The van der Waals surface area contributed by atoms with Crippen molar-refractivity contribution in [2.75, 3.05) is 41.8 Å². The van der Waals surface area contributed by atoms with Gasteiger partial charge in [0.15, 0.2) is 28.3 Å². The van der Waals surface area contributed by atoms with Crippen LogP contribution in [0.4, 0.5) is 47.9 Å². The molecule has 2 aliphatic heterocycles. The topological polar surface area (TPSA) is 102 Å². The fourth-order valence-corrected chi connectivity index (χ4v) is 5.31. The predicted molar refractivity (Wildman–Crippen MR) is 167 cm³/mol. The second-order valence-corrected chi connectivity index (χ2v) is 11.2. The third kappa shape index (κ3) is 7.43. The number of benzene rings is 2. The molecule has 9 nitrogen and oxygen atoms in total. The van der Waals surface area contributed by atoms with Crippen LogP contribution in [0.5, 0.6) is 11.5 Å². The minimum atomic E-state index is -4.45. The molecule has 0 radical (unpaired) electrons. The number of carbonyl (C=O) groups is 1. The molecule has 248 valence electrons. The van der Waals surface area contributed by atoms with Gasteiger partial charge < -0.3 is 14.8 Å². The number of fused-ring (bicyclic) bond motifs is 2. The van der Waals surface area contributed by atoms with Crippen molar-refractivity contribution in [3.05, 3.63) is 95.5 Å². The van der Waals surface area contributed by atoms with E-state index in [0.29, 0.717) is 58.1 Å². The Labute approximate surface area is 273 Å². The van der Waals surface area contributed by atoms with Gasteiger partial charge in [-0.25, -0.2) is 19.7 Å². The standard InChI is InChI=1S/C18H13F3N4O2S.C14H11F3N2O/c19-18(20,21)12-3-1-2-11(10-12)13-4-5-14-15(23-13)25(7-8-27-14)17(26)24-16-22-6-9-28-16;15-14(16,17)10-3-1-2-9(8-10)11-4-5-12-13(19-11)18-6-7-20-12/h1-6,9-10H,7-8H2,(H,22,24,26);1-5,8H,6-7H2,(H,18,19). The molecule has 0 bridgehead atoms. The average Bonchev–Trinajstić information content (AvgIpc) is 3.60. The number of nitrogens with one attached hydrogen (secondary N) is 2. The molecule has 7 rings (SSSR count). The predicted octanol–water partition coefficient (Wildman–Crippen LogP) is 8.23. The zero-order chi connectivity index (χ0) is 33.9. The third-order valence-corrected chi connectivity index (χ3v) is 7.73. The van der Waals surface area contributed by atoms with Gasteiger partial charge in [0, 0.05) is 22.7 Å². The van der Waals surface area contributed by atoms with Crippen LogP contribution < -0.4 is 25.0 Å². The van der Waals surface area contributed by atoms with Gasteiger partial charge in [-0.05, 0) is 48.5 Å². The normalized spacial score (nSPS) is 13.8. The molecule has 0 fully saturated rings. The van der Waals surface area contributed by atoms with Crippen LogP contribution in [-0.4, -0.2) is 47.3 Å². The molecule has 2 aromatic carbocycles. The van der Waals surface area contributed by atoms with Crippen molar-refractivity contribution in [2.24, 2.45) is 0 Å². The summed E-state index contributed by atoms with van der Waals surface area (Å²) in [6, 6.07) is 16.1. The Hall–Kier alpha value is -5.38. The lowest BCUT2D eigenvalue weighted by Crippen LogP contribution is -2.41. The Bertz CT molecular complexity index is 1920. The molecule has 0 atom stereocenters. The fraction of sp³-hybridized carbons (Fsp3) is 0.188. The van der Waals surface area contributed by atoms with Gasteiger partial charge in [-0.1, -0.05) is 24.3 Å². The molecule has 0 aliphatic carbocycles. The van der Waals surface area contributed by atoms with Gasteiger partial charge in [-0.2, -0.15) is 26.3 Å². The van der Waals surface area contributed by atoms with E-state index >= 15 is 0 Å². The first-order chi connectivity index (χ1) is 23.0. The molecule has 2 aliphatic rings. The summed E-state index contributed by atoms with van der Waals surface area (Å²) >= 11 is 1.27. The Morgan fingerprint density at radius 3 is 2.06 bits per heavy atom. The number of amides is 2. The quantitative estimate of drug-likeness (QED) is 0.185. The van der Waals surface area contributed by atoms with Crippen molar-refractivity contribution < 1.29 is 40.6 Å². The first-order valence-electron chi connectivity index (χ1n) is 14.3. The van der Waals surface area contributed by atoms with Crippen molar-refractivity contribution in [2.45, 2.75) is 12.4 Å². The highest BCUT2D eigenvalue weighted by Crippen LogP contribution is 2.36. The smallest absolute Gasteiger partial charge is 0.416 e. The molecule has 0 saturated heterocycles. The zero-order valence-electron chi connectivity index (χ0n) is 24.6. The van der Waals surface area contributed by atoms with E-state index in [9.17, 15) is 31.1 Å². The minimum absolute atomic E-state index is 0.246. The summed E-state index contributed by atoms with van der Waals surface area (Å²) in [4.78, 5) is 26.7. The second-order valence-electron chi connectivity index (χ2n) is 10.3. The molecule has 2 amide bonds. The van der Waals surface area contributed by atoms with Gasteiger partial charge in [0.05, 0.1) is 35.6 Å². The molecule has 0 saturated carbocycles. The number of pyridine rings is 2. The van der Waals surface area contributed by atoms with Gasteiger partial charge in [-0.15, -0.1) is 11.3 Å². The van der Waals surface area contributed by atoms with Crippen LogP contribution in [0.2, 0.25) is 0 Å². The van der Waals surface area contributed by atoms with Crippen LogP contribution >= 0.6 is 11.3 Å². The highest BCUT2D eigenvalue weighted by molar-refractivity contribution is 7.13.